The topological polar surface area (TPSA) is 54.7 Å². The van der Waals surface area contributed by atoms with Gasteiger partial charge < -0.3 is 9.40 Å². The summed E-state index contributed by atoms with van der Waals surface area (Å²) >= 11 is 1.65. The zero-order valence-corrected chi connectivity index (χ0v) is 9.20. The second-order valence-electron chi connectivity index (χ2n) is 3.39. The fraction of sp³-hybridized carbons (Fsp3) is 0.0909. The Bertz CT molecular complexity index is 554. The molecule has 16 heavy (non-hydrogen) atoms. The van der Waals surface area contributed by atoms with E-state index in [4.69, 9.17) is 4.42 Å². The number of imidazole rings is 1. The molecule has 0 bridgehead atoms. The number of rotatable bonds is 3. The number of nitrogens with one attached hydrogen (secondary N) is 1. The second-order valence-corrected chi connectivity index (χ2v) is 4.33. The fourth-order valence-electron chi connectivity index (χ4n) is 1.48. The summed E-state index contributed by atoms with van der Waals surface area (Å²) < 4.78 is 5.03. The Morgan fingerprint density at radius 3 is 3.19 bits per heavy atom. The first-order valence-corrected chi connectivity index (χ1v) is 5.74. The molecule has 0 saturated heterocycles. The van der Waals surface area contributed by atoms with Crippen LogP contribution in [0, 0.1) is 0 Å². The molecule has 0 aromatic carbocycles. The number of nitrogens with zero attached hydrogens (tertiary/aromatic N) is 2. The standard InChI is InChI=1S/C11H9N3OS/c1-2-15-5-8(1)10-6-16-11(14-10)3-9-4-12-7-13-9/h1-2,4-7H,3H2,(H,12,13). The minimum absolute atomic E-state index is 0.794. The smallest absolute Gasteiger partial charge is 0.0996 e. The van der Waals surface area contributed by atoms with Gasteiger partial charge >= 0.3 is 0 Å². The third kappa shape index (κ3) is 1.77. The molecule has 3 aromatic heterocycles. The van der Waals surface area contributed by atoms with Crippen molar-refractivity contribution in [2.75, 3.05) is 0 Å². The lowest BCUT2D eigenvalue weighted by molar-refractivity contribution is 0.568. The minimum atomic E-state index is 0.794. The van der Waals surface area contributed by atoms with E-state index in [1.807, 2.05) is 17.6 Å². The van der Waals surface area contributed by atoms with Gasteiger partial charge in [0.2, 0.25) is 0 Å². The summed E-state index contributed by atoms with van der Waals surface area (Å²) in [5, 5.41) is 3.11. The Balaban J connectivity index is 1.83. The van der Waals surface area contributed by atoms with Crippen molar-refractivity contribution in [3.05, 3.63) is 47.2 Å². The molecule has 0 saturated carbocycles. The van der Waals surface area contributed by atoms with Crippen LogP contribution in [0.15, 0.2) is 40.9 Å². The molecule has 0 aliphatic heterocycles. The second kappa shape index (κ2) is 3.94. The summed E-state index contributed by atoms with van der Waals surface area (Å²) in [6.07, 6.45) is 7.65. The number of furan rings is 1. The third-order valence-corrected chi connectivity index (χ3v) is 3.11. The van der Waals surface area contributed by atoms with Crippen molar-refractivity contribution in [2.24, 2.45) is 0 Å². The highest BCUT2D eigenvalue weighted by Crippen LogP contribution is 2.23. The molecular formula is C11H9N3OS. The van der Waals surface area contributed by atoms with Crippen LogP contribution in [0.2, 0.25) is 0 Å². The molecule has 0 aliphatic rings. The number of H-pyrrole nitrogens is 1. The van der Waals surface area contributed by atoms with Gasteiger partial charge in [-0.05, 0) is 6.07 Å². The average Bonchev–Trinajstić information content (AvgIpc) is 2.99. The summed E-state index contributed by atoms with van der Waals surface area (Å²) in [7, 11) is 0. The molecular weight excluding hydrogens is 222 g/mol. The van der Waals surface area contributed by atoms with E-state index in [0.717, 1.165) is 28.4 Å². The molecule has 3 heterocycles. The largest absolute Gasteiger partial charge is 0.472 e. The normalized spacial score (nSPS) is 10.8. The molecule has 0 spiro atoms. The van der Waals surface area contributed by atoms with E-state index in [1.165, 1.54) is 0 Å². The van der Waals surface area contributed by atoms with Gasteiger partial charge in [-0.3, -0.25) is 0 Å². The number of aromatic nitrogens is 3. The molecule has 0 aliphatic carbocycles. The number of aromatic amines is 1. The Labute approximate surface area is 96.0 Å². The van der Waals surface area contributed by atoms with Crippen LogP contribution < -0.4 is 0 Å². The summed E-state index contributed by atoms with van der Waals surface area (Å²) in [6, 6.07) is 1.91. The molecule has 0 radical (unpaired) electrons. The maximum atomic E-state index is 5.03. The zero-order chi connectivity index (χ0) is 10.8. The van der Waals surface area contributed by atoms with Crippen molar-refractivity contribution in [3.8, 4) is 11.3 Å². The van der Waals surface area contributed by atoms with E-state index < -0.39 is 0 Å². The van der Waals surface area contributed by atoms with E-state index in [2.05, 4.69) is 15.0 Å². The van der Waals surface area contributed by atoms with Gasteiger partial charge in [-0.15, -0.1) is 11.3 Å². The van der Waals surface area contributed by atoms with Crippen molar-refractivity contribution in [1.29, 1.82) is 0 Å². The van der Waals surface area contributed by atoms with Gasteiger partial charge in [0.1, 0.15) is 0 Å². The number of hydrogen-bond acceptors (Lipinski definition) is 4. The third-order valence-electron chi connectivity index (χ3n) is 2.27. The highest BCUT2D eigenvalue weighted by molar-refractivity contribution is 7.10. The van der Waals surface area contributed by atoms with Crippen LogP contribution in [0.4, 0.5) is 0 Å². The predicted molar refractivity (Wildman–Crippen MR) is 61.2 cm³/mol. The zero-order valence-electron chi connectivity index (χ0n) is 8.38. The van der Waals surface area contributed by atoms with Gasteiger partial charge in [0.05, 0.1) is 29.6 Å². The summed E-state index contributed by atoms with van der Waals surface area (Å²) in [5.41, 5.74) is 3.06. The first-order chi connectivity index (χ1) is 7.92. The number of thiazole rings is 1. The predicted octanol–water partition coefficient (Wildman–Crippen LogP) is 2.72. The molecule has 80 valence electrons. The lowest BCUT2D eigenvalue weighted by atomic mass is 10.3. The highest BCUT2D eigenvalue weighted by atomic mass is 32.1. The van der Waals surface area contributed by atoms with Crippen LogP contribution in [-0.2, 0) is 6.42 Å². The SMILES string of the molecule is c1ncc(Cc2nc(-c3ccoc3)cs2)[nH]1. The van der Waals surface area contributed by atoms with Crippen molar-refractivity contribution in [1.82, 2.24) is 15.0 Å². The monoisotopic (exact) mass is 231 g/mol. The van der Waals surface area contributed by atoms with Crippen LogP contribution >= 0.6 is 11.3 Å². The Hall–Kier alpha value is -1.88. The number of hydrogen-bond donors (Lipinski definition) is 1. The van der Waals surface area contributed by atoms with Gasteiger partial charge in [0.15, 0.2) is 0 Å². The van der Waals surface area contributed by atoms with E-state index >= 15 is 0 Å². The van der Waals surface area contributed by atoms with Gasteiger partial charge in [-0.25, -0.2) is 9.97 Å². The van der Waals surface area contributed by atoms with Crippen molar-refractivity contribution in [2.45, 2.75) is 6.42 Å². The van der Waals surface area contributed by atoms with E-state index in [-0.39, 0.29) is 0 Å². The van der Waals surface area contributed by atoms with Crippen molar-refractivity contribution >= 4 is 11.3 Å². The van der Waals surface area contributed by atoms with E-state index in [0.29, 0.717) is 0 Å². The quantitative estimate of drug-likeness (QED) is 0.754. The fourth-order valence-corrected chi connectivity index (χ4v) is 2.31. The van der Waals surface area contributed by atoms with Crippen LogP contribution in [0.25, 0.3) is 11.3 Å². The average molecular weight is 231 g/mol. The maximum absolute atomic E-state index is 5.03. The Kier molecular flexibility index (Phi) is 2.30. The van der Waals surface area contributed by atoms with Gasteiger partial charge in [-0.2, -0.15) is 0 Å². The van der Waals surface area contributed by atoms with Crippen LogP contribution in [0.5, 0.6) is 0 Å². The molecule has 0 fully saturated rings. The van der Waals surface area contributed by atoms with Crippen LogP contribution in [-0.4, -0.2) is 15.0 Å². The Morgan fingerprint density at radius 1 is 1.44 bits per heavy atom. The summed E-state index contributed by atoms with van der Waals surface area (Å²) in [4.78, 5) is 11.6. The van der Waals surface area contributed by atoms with E-state index in [1.54, 1.807) is 30.2 Å². The van der Waals surface area contributed by atoms with E-state index in [9.17, 15) is 0 Å². The molecule has 4 nitrogen and oxygen atoms in total. The van der Waals surface area contributed by atoms with Crippen molar-refractivity contribution in [3.63, 3.8) is 0 Å². The lowest BCUT2D eigenvalue weighted by Gasteiger charge is -1.91. The minimum Gasteiger partial charge on any atom is -0.472 e. The summed E-state index contributed by atoms with van der Waals surface area (Å²) in [5.74, 6) is 0. The molecule has 0 unspecified atom stereocenters. The molecule has 0 amide bonds. The molecule has 5 heteroatoms. The molecule has 3 aromatic rings. The summed E-state index contributed by atoms with van der Waals surface area (Å²) in [6.45, 7) is 0. The molecule has 0 atom stereocenters. The van der Waals surface area contributed by atoms with Gasteiger partial charge in [0, 0.05) is 29.3 Å². The highest BCUT2D eigenvalue weighted by Gasteiger charge is 2.06. The van der Waals surface area contributed by atoms with Crippen LogP contribution in [0.3, 0.4) is 0 Å². The molecule has 1 N–H and O–H groups in total. The molecule has 3 rings (SSSR count). The van der Waals surface area contributed by atoms with Gasteiger partial charge in [0.25, 0.3) is 0 Å². The first-order valence-electron chi connectivity index (χ1n) is 4.86. The first kappa shape index (κ1) is 9.35. The Morgan fingerprint density at radius 2 is 2.44 bits per heavy atom. The lowest BCUT2D eigenvalue weighted by Crippen LogP contribution is -1.86. The maximum Gasteiger partial charge on any atom is 0.0996 e. The van der Waals surface area contributed by atoms with Crippen LogP contribution in [0.1, 0.15) is 10.7 Å². The van der Waals surface area contributed by atoms with Gasteiger partial charge in [-0.1, -0.05) is 0 Å². The van der Waals surface area contributed by atoms with Crippen molar-refractivity contribution < 1.29 is 4.42 Å².